The van der Waals surface area contributed by atoms with E-state index < -0.39 is 5.97 Å². The van der Waals surface area contributed by atoms with Gasteiger partial charge in [0.25, 0.3) is 0 Å². The fourth-order valence-electron chi connectivity index (χ4n) is 1.58. The Bertz CT molecular complexity index is 622. The van der Waals surface area contributed by atoms with Gasteiger partial charge in [-0.25, -0.2) is 19.7 Å². The molecule has 7 heteroatoms. The second kappa shape index (κ2) is 6.25. The number of anilines is 1. The van der Waals surface area contributed by atoms with Crippen LogP contribution < -0.4 is 4.90 Å². The van der Waals surface area contributed by atoms with Crippen molar-refractivity contribution >= 4 is 29.3 Å². The molecule has 0 aliphatic heterocycles. The fraction of sp³-hybridized carbons (Fsp3) is 0.231. The van der Waals surface area contributed by atoms with Crippen molar-refractivity contribution in [2.24, 2.45) is 0 Å². The molecule has 0 atom stereocenters. The summed E-state index contributed by atoms with van der Waals surface area (Å²) in [6, 6.07) is 0. The number of hydrogen-bond acceptors (Lipinski definition) is 6. The Labute approximate surface area is 120 Å². The zero-order chi connectivity index (χ0) is 14.5. The van der Waals surface area contributed by atoms with Gasteiger partial charge >= 0.3 is 5.97 Å². The van der Waals surface area contributed by atoms with Crippen LogP contribution in [-0.2, 0) is 11.3 Å². The number of carbonyl (C=O) groups is 1. The van der Waals surface area contributed by atoms with Crippen molar-refractivity contribution in [1.82, 2.24) is 15.0 Å². The molecule has 104 valence electrons. The maximum Gasteiger partial charge on any atom is 0.328 e. The highest BCUT2D eigenvalue weighted by Gasteiger charge is 2.07. The Balaban J connectivity index is 2.03. The van der Waals surface area contributed by atoms with Gasteiger partial charge < -0.3 is 10.0 Å². The lowest BCUT2D eigenvalue weighted by atomic mass is 10.3. The van der Waals surface area contributed by atoms with E-state index in [-0.39, 0.29) is 0 Å². The van der Waals surface area contributed by atoms with Crippen LogP contribution in [0.5, 0.6) is 0 Å². The van der Waals surface area contributed by atoms with Gasteiger partial charge in [-0.1, -0.05) is 0 Å². The molecule has 0 saturated carbocycles. The van der Waals surface area contributed by atoms with Crippen molar-refractivity contribution in [3.8, 4) is 0 Å². The number of carboxylic acids is 1. The summed E-state index contributed by atoms with van der Waals surface area (Å²) in [4.78, 5) is 25.1. The van der Waals surface area contributed by atoms with E-state index in [1.165, 1.54) is 6.08 Å². The Morgan fingerprint density at radius 2 is 2.15 bits per heavy atom. The lowest BCUT2D eigenvalue weighted by Gasteiger charge is -2.15. The lowest BCUT2D eigenvalue weighted by Crippen LogP contribution is -2.19. The van der Waals surface area contributed by atoms with Gasteiger partial charge in [0.1, 0.15) is 0 Å². The molecule has 20 heavy (non-hydrogen) atoms. The summed E-state index contributed by atoms with van der Waals surface area (Å²) in [5.41, 5.74) is 1.63. The van der Waals surface area contributed by atoms with Crippen LogP contribution in [0, 0.1) is 6.92 Å². The summed E-state index contributed by atoms with van der Waals surface area (Å²) in [5.74, 6) is -0.423. The van der Waals surface area contributed by atoms with Crippen LogP contribution in [0.15, 0.2) is 23.8 Å². The molecule has 0 aliphatic carbocycles. The monoisotopic (exact) mass is 290 g/mol. The lowest BCUT2D eigenvalue weighted by molar-refractivity contribution is -0.131. The Hall–Kier alpha value is -2.28. The highest BCUT2D eigenvalue weighted by Crippen LogP contribution is 2.13. The highest BCUT2D eigenvalue weighted by atomic mass is 32.1. The first-order chi connectivity index (χ1) is 9.54. The third-order valence-electron chi connectivity index (χ3n) is 2.48. The molecule has 0 aromatic carbocycles. The van der Waals surface area contributed by atoms with Gasteiger partial charge in [-0.05, 0) is 13.0 Å². The van der Waals surface area contributed by atoms with E-state index >= 15 is 0 Å². The van der Waals surface area contributed by atoms with Gasteiger partial charge in [-0.15, -0.1) is 11.3 Å². The van der Waals surface area contributed by atoms with Crippen molar-refractivity contribution in [3.63, 3.8) is 0 Å². The van der Waals surface area contributed by atoms with E-state index in [0.29, 0.717) is 18.1 Å². The Morgan fingerprint density at radius 3 is 2.70 bits per heavy atom. The van der Waals surface area contributed by atoms with Crippen molar-refractivity contribution in [1.29, 1.82) is 0 Å². The number of rotatable bonds is 5. The Kier molecular flexibility index (Phi) is 4.41. The van der Waals surface area contributed by atoms with E-state index in [1.54, 1.807) is 23.7 Å². The molecule has 2 aromatic heterocycles. The number of thiazole rings is 1. The van der Waals surface area contributed by atoms with E-state index in [2.05, 4.69) is 15.0 Å². The molecule has 2 heterocycles. The first-order valence-corrected chi connectivity index (χ1v) is 6.78. The molecule has 0 spiro atoms. The number of aromatic nitrogens is 3. The molecule has 0 fully saturated rings. The number of aliphatic carboxylic acids is 1. The average Bonchev–Trinajstić information content (AvgIpc) is 2.82. The quantitative estimate of drug-likeness (QED) is 0.848. The van der Waals surface area contributed by atoms with Crippen molar-refractivity contribution < 1.29 is 9.90 Å². The summed E-state index contributed by atoms with van der Waals surface area (Å²) in [6.45, 7) is 2.60. The maximum atomic E-state index is 10.4. The number of carboxylic acid groups (broad SMARTS) is 1. The molecule has 6 nitrogen and oxygen atoms in total. The largest absolute Gasteiger partial charge is 0.478 e. The Morgan fingerprint density at radius 1 is 1.45 bits per heavy atom. The summed E-state index contributed by atoms with van der Waals surface area (Å²) in [7, 11) is 1.89. The summed E-state index contributed by atoms with van der Waals surface area (Å²) in [6.07, 6.45) is 5.69. The van der Waals surface area contributed by atoms with Gasteiger partial charge in [0, 0.05) is 36.5 Å². The third kappa shape index (κ3) is 3.86. The number of nitrogens with zero attached hydrogens (tertiary/aromatic N) is 4. The zero-order valence-corrected chi connectivity index (χ0v) is 12.0. The topological polar surface area (TPSA) is 79.2 Å². The molecule has 2 aromatic rings. The minimum atomic E-state index is -0.995. The fourth-order valence-corrected chi connectivity index (χ4v) is 2.18. The highest BCUT2D eigenvalue weighted by molar-refractivity contribution is 7.09. The molecule has 2 rings (SSSR count). The van der Waals surface area contributed by atoms with Crippen LogP contribution in [0.3, 0.4) is 0 Å². The molecular formula is C13H14N4O2S. The van der Waals surface area contributed by atoms with E-state index in [9.17, 15) is 4.79 Å². The van der Waals surface area contributed by atoms with Crippen molar-refractivity contribution in [2.45, 2.75) is 13.5 Å². The first kappa shape index (κ1) is 14.1. The van der Waals surface area contributed by atoms with Gasteiger partial charge in [-0.2, -0.15) is 0 Å². The molecule has 0 bridgehead atoms. The van der Waals surface area contributed by atoms with E-state index in [0.717, 1.165) is 16.8 Å². The third-order valence-corrected chi connectivity index (χ3v) is 3.31. The van der Waals surface area contributed by atoms with Crippen LogP contribution in [0.4, 0.5) is 5.95 Å². The molecular weight excluding hydrogens is 276 g/mol. The van der Waals surface area contributed by atoms with Crippen LogP contribution in [0.25, 0.3) is 6.08 Å². The van der Waals surface area contributed by atoms with E-state index in [4.69, 9.17) is 5.11 Å². The molecule has 0 saturated heterocycles. The second-order valence-corrected chi connectivity index (χ2v) is 5.26. The van der Waals surface area contributed by atoms with Crippen molar-refractivity contribution in [2.75, 3.05) is 11.9 Å². The summed E-state index contributed by atoms with van der Waals surface area (Å²) >= 11 is 1.61. The van der Waals surface area contributed by atoms with E-state index in [1.807, 2.05) is 24.3 Å². The second-order valence-electron chi connectivity index (χ2n) is 4.20. The van der Waals surface area contributed by atoms with Crippen LogP contribution in [0.1, 0.15) is 16.3 Å². The minimum Gasteiger partial charge on any atom is -0.478 e. The predicted octanol–water partition coefficient (Wildman–Crippen LogP) is 1.98. The molecule has 0 aliphatic rings. The van der Waals surface area contributed by atoms with Crippen LogP contribution in [-0.4, -0.2) is 33.1 Å². The summed E-state index contributed by atoms with van der Waals surface area (Å²) in [5, 5.41) is 11.6. The average molecular weight is 290 g/mol. The van der Waals surface area contributed by atoms with Crippen molar-refractivity contribution in [3.05, 3.63) is 40.1 Å². The standard InChI is InChI=1S/C13H14N4O2S/c1-9-16-11(8-20-9)7-17(2)13-14-5-10(6-15-13)3-4-12(18)19/h3-6,8H,7H2,1-2H3,(H,18,19)/b4-3+. The SMILES string of the molecule is Cc1nc(CN(C)c2ncc(/C=C/C(=O)O)cn2)cs1. The van der Waals surface area contributed by atoms with Crippen LogP contribution >= 0.6 is 11.3 Å². The smallest absolute Gasteiger partial charge is 0.328 e. The minimum absolute atomic E-state index is 0.572. The predicted molar refractivity (Wildman–Crippen MR) is 77.7 cm³/mol. The first-order valence-electron chi connectivity index (χ1n) is 5.90. The van der Waals surface area contributed by atoms with Gasteiger partial charge in [-0.3, -0.25) is 0 Å². The number of hydrogen-bond donors (Lipinski definition) is 1. The molecule has 0 unspecified atom stereocenters. The maximum absolute atomic E-state index is 10.4. The zero-order valence-electron chi connectivity index (χ0n) is 11.1. The van der Waals surface area contributed by atoms with Gasteiger partial charge in [0.2, 0.25) is 5.95 Å². The summed E-state index contributed by atoms with van der Waals surface area (Å²) < 4.78 is 0. The molecule has 1 N–H and O–H groups in total. The van der Waals surface area contributed by atoms with Crippen LogP contribution in [0.2, 0.25) is 0 Å². The molecule has 0 amide bonds. The van der Waals surface area contributed by atoms with Gasteiger partial charge in [0.05, 0.1) is 17.2 Å². The normalized spacial score (nSPS) is 10.9. The van der Waals surface area contributed by atoms with Gasteiger partial charge in [0.15, 0.2) is 0 Å². The number of aryl methyl sites for hydroxylation is 1. The molecule has 0 radical (unpaired) electrons.